The Morgan fingerprint density at radius 3 is 2.21 bits per heavy atom. The summed E-state index contributed by atoms with van der Waals surface area (Å²) in [7, 11) is -4.45. The third kappa shape index (κ3) is 17.2. The number of rotatable bonds is 17. The molecule has 0 saturated heterocycles. The van der Waals surface area contributed by atoms with Crippen molar-refractivity contribution in [3.8, 4) is 5.75 Å². The molecule has 2 atom stereocenters. The van der Waals surface area contributed by atoms with E-state index in [9.17, 15) is 18.1 Å². The smallest absolute Gasteiger partial charge is 0.748 e. The Hall–Kier alpha value is -0.190. The number of aliphatic hydroxyl groups excluding tert-OH is 1. The third-order valence-corrected chi connectivity index (χ3v) is 5.19. The van der Waals surface area contributed by atoms with Crippen LogP contribution in [0, 0.1) is 0 Å². The van der Waals surface area contributed by atoms with Crippen LogP contribution in [0.2, 0.25) is 0 Å². The average Bonchev–Trinajstić information content (AvgIpc) is 2.64. The third-order valence-electron chi connectivity index (χ3n) is 4.40. The van der Waals surface area contributed by atoms with E-state index in [0.717, 1.165) is 19.3 Å². The first-order valence-corrected chi connectivity index (χ1v) is 11.6. The fraction of sp³-hybridized carbons (Fsp3) is 0.700. The molecule has 0 fully saturated rings. The van der Waals surface area contributed by atoms with Gasteiger partial charge in [-0.25, -0.2) is 8.42 Å². The number of aliphatic hydroxyl groups is 1. The summed E-state index contributed by atoms with van der Waals surface area (Å²) in [4.78, 5) is 10.4. The molecule has 9 heteroatoms. The van der Waals surface area contributed by atoms with Gasteiger partial charge in [-0.3, -0.25) is 0 Å². The Morgan fingerprint density at radius 1 is 0.966 bits per heavy atom. The van der Waals surface area contributed by atoms with Crippen LogP contribution in [0.25, 0.3) is 0 Å². The van der Waals surface area contributed by atoms with Crippen molar-refractivity contribution in [2.24, 2.45) is 0 Å². The molecular weight excluding hydrogens is 407 g/mol. The van der Waals surface area contributed by atoms with Gasteiger partial charge in [0.15, 0.2) is 5.75 Å². The molecule has 0 saturated carbocycles. The quantitative estimate of drug-likeness (QED) is 0.127. The maximum Gasteiger partial charge on any atom is 1.00 e. The van der Waals surface area contributed by atoms with Crippen molar-refractivity contribution in [1.29, 1.82) is 0 Å². The Kier molecular flexibility index (Phi) is 17.4. The number of hydrogen-bond acceptors (Lipinski definition) is 7. The van der Waals surface area contributed by atoms with Crippen molar-refractivity contribution >= 4 is 10.1 Å². The maximum atomic E-state index is 10.7. The average molecular weight is 441 g/mol. The van der Waals surface area contributed by atoms with E-state index >= 15 is 0 Å². The molecule has 0 aliphatic heterocycles. The zero-order valence-electron chi connectivity index (χ0n) is 17.6. The van der Waals surface area contributed by atoms with E-state index in [1.165, 1.54) is 25.7 Å². The number of hydrogen-bond donors (Lipinski definition) is 1. The molecule has 162 valence electrons. The van der Waals surface area contributed by atoms with Gasteiger partial charge in [-0.2, -0.15) is 4.89 Å². The molecule has 1 N–H and O–H groups in total. The van der Waals surface area contributed by atoms with Gasteiger partial charge in [0, 0.05) is 0 Å². The minimum atomic E-state index is -4.45. The first-order chi connectivity index (χ1) is 13.4. The van der Waals surface area contributed by atoms with Gasteiger partial charge >= 0.3 is 29.6 Å². The van der Waals surface area contributed by atoms with Crippen LogP contribution in [-0.4, -0.2) is 36.0 Å². The van der Waals surface area contributed by atoms with Crippen LogP contribution in [-0.2, 0) is 20.0 Å². The number of unbranched alkanes of at least 4 members (excludes halogenated alkanes) is 6. The van der Waals surface area contributed by atoms with Gasteiger partial charge in [0.1, 0.15) is 0 Å². The first-order valence-electron chi connectivity index (χ1n) is 10.1. The maximum absolute atomic E-state index is 10.7. The second kappa shape index (κ2) is 17.5. The molecule has 0 aromatic heterocycles. The van der Waals surface area contributed by atoms with Gasteiger partial charge in [-0.05, 0) is 36.4 Å². The second-order valence-corrected chi connectivity index (χ2v) is 8.50. The van der Waals surface area contributed by atoms with E-state index in [1.54, 1.807) is 24.3 Å². The van der Waals surface area contributed by atoms with Gasteiger partial charge < -0.3 is 14.5 Å². The summed E-state index contributed by atoms with van der Waals surface area (Å²) in [5, 5.41) is 14.6. The van der Waals surface area contributed by atoms with Crippen molar-refractivity contribution < 1.29 is 62.4 Å². The number of para-hydroxylation sites is 1. The Bertz CT molecular complexity index is 598. The number of benzene rings is 1. The Morgan fingerprint density at radius 2 is 1.59 bits per heavy atom. The van der Waals surface area contributed by atoms with Gasteiger partial charge in [-0.1, -0.05) is 70.1 Å². The van der Waals surface area contributed by atoms with Crippen molar-refractivity contribution in [2.45, 2.75) is 83.3 Å². The normalized spacial score (nSPS) is 13.5. The van der Waals surface area contributed by atoms with Crippen LogP contribution in [0.5, 0.6) is 5.75 Å². The molecule has 0 aliphatic rings. The molecule has 0 aliphatic carbocycles. The summed E-state index contributed by atoms with van der Waals surface area (Å²) in [5.41, 5.74) is 0. The fourth-order valence-corrected chi connectivity index (χ4v) is 3.50. The van der Waals surface area contributed by atoms with E-state index in [1.807, 2.05) is 6.07 Å². The molecule has 0 amide bonds. The Balaban J connectivity index is 0.00000784. The fourth-order valence-electron chi connectivity index (χ4n) is 2.86. The molecule has 2 unspecified atom stereocenters. The predicted molar refractivity (Wildman–Crippen MR) is 105 cm³/mol. The zero-order valence-corrected chi connectivity index (χ0v) is 20.4. The summed E-state index contributed by atoms with van der Waals surface area (Å²) >= 11 is 0. The van der Waals surface area contributed by atoms with Crippen LogP contribution < -0.4 is 34.4 Å². The summed E-state index contributed by atoms with van der Waals surface area (Å²) in [5.74, 6) is -0.298. The molecule has 0 radical (unpaired) electrons. The van der Waals surface area contributed by atoms with E-state index in [0.29, 0.717) is 18.6 Å². The molecule has 0 spiro atoms. The minimum absolute atomic E-state index is 0. The summed E-state index contributed by atoms with van der Waals surface area (Å²) < 4.78 is 32.2. The van der Waals surface area contributed by atoms with Crippen molar-refractivity contribution in [3.63, 3.8) is 0 Å². The topological polar surface area (TPSA) is 105 Å². The van der Waals surface area contributed by atoms with Crippen molar-refractivity contribution in [3.05, 3.63) is 30.3 Å². The molecule has 1 rings (SSSR count). The zero-order chi connectivity index (χ0) is 20.7. The van der Waals surface area contributed by atoms with Gasteiger partial charge in [0.2, 0.25) is 0 Å². The second-order valence-electron chi connectivity index (χ2n) is 7.05. The van der Waals surface area contributed by atoms with E-state index in [4.69, 9.17) is 14.8 Å². The molecule has 29 heavy (non-hydrogen) atoms. The summed E-state index contributed by atoms with van der Waals surface area (Å²) in [6, 6.07) is 8.89. The van der Waals surface area contributed by atoms with Crippen LogP contribution in [0.1, 0.15) is 71.1 Å². The first kappa shape index (κ1) is 28.8. The molecule has 7 nitrogen and oxygen atoms in total. The molecular formula is C20H33NaO7S. The van der Waals surface area contributed by atoms with E-state index in [2.05, 4.69) is 6.92 Å². The van der Waals surface area contributed by atoms with E-state index in [-0.39, 0.29) is 42.1 Å². The largest absolute Gasteiger partial charge is 1.00 e. The van der Waals surface area contributed by atoms with Crippen molar-refractivity contribution in [2.75, 3.05) is 5.75 Å². The van der Waals surface area contributed by atoms with Gasteiger partial charge in [0.05, 0.1) is 28.1 Å². The molecule has 0 heterocycles. The van der Waals surface area contributed by atoms with E-state index < -0.39 is 22.0 Å². The van der Waals surface area contributed by atoms with Crippen LogP contribution in [0.3, 0.4) is 0 Å². The summed E-state index contributed by atoms with van der Waals surface area (Å²) in [6.45, 7) is 2.19. The summed E-state index contributed by atoms with van der Waals surface area (Å²) in [6.07, 6.45) is 7.74. The standard InChI is InChI=1S/C20H34O7S.Na/c1-2-3-4-5-6-7-9-14-20(16-15-18(21)17-28(22,23)24)26-27-25-19-12-10-8-11-13-19;/h8,10-13,18,20-21H,2-7,9,14-17H2,1H3,(H,22,23,24);/q;+1/p-1. The predicted octanol–water partition coefficient (Wildman–Crippen LogP) is 1.13. The van der Waals surface area contributed by atoms with Crippen LogP contribution >= 0.6 is 0 Å². The SMILES string of the molecule is CCCCCCCCCC(CCC(O)CS(=O)(=O)[O-])OOOc1ccccc1.[Na+]. The molecule has 1 aromatic carbocycles. The Labute approximate surface area is 197 Å². The van der Waals surface area contributed by atoms with Crippen molar-refractivity contribution in [1.82, 2.24) is 0 Å². The monoisotopic (exact) mass is 440 g/mol. The minimum Gasteiger partial charge on any atom is -0.748 e. The van der Waals surface area contributed by atoms with Crippen LogP contribution in [0.15, 0.2) is 30.3 Å². The molecule has 1 aromatic rings. The van der Waals surface area contributed by atoms with Gasteiger partial charge in [0.25, 0.3) is 0 Å². The molecule has 0 bridgehead atoms. The van der Waals surface area contributed by atoms with Gasteiger partial charge in [-0.15, -0.1) is 0 Å². The van der Waals surface area contributed by atoms with Crippen LogP contribution in [0.4, 0.5) is 0 Å².